The zero-order valence-electron chi connectivity index (χ0n) is 17.7. The van der Waals surface area contributed by atoms with Crippen molar-refractivity contribution < 1.29 is 14.3 Å². The number of carbonyl (C=O) groups excluding carboxylic acids is 2. The van der Waals surface area contributed by atoms with Crippen LogP contribution in [0.15, 0.2) is 53.6 Å². The molecule has 2 N–H and O–H groups in total. The summed E-state index contributed by atoms with van der Waals surface area (Å²) in [7, 11) is 1.62. The summed E-state index contributed by atoms with van der Waals surface area (Å²) in [4.78, 5) is 33.7. The van der Waals surface area contributed by atoms with Crippen LogP contribution in [-0.4, -0.2) is 72.7 Å². The van der Waals surface area contributed by atoms with E-state index >= 15 is 0 Å². The molecule has 2 aromatic carbocycles. The second kappa shape index (κ2) is 9.45. The smallest absolute Gasteiger partial charge is 0.321 e. The maximum atomic E-state index is 12.9. The van der Waals surface area contributed by atoms with Crippen molar-refractivity contribution in [2.24, 2.45) is 0 Å². The monoisotopic (exact) mass is 438 g/mol. The van der Waals surface area contributed by atoms with Crippen LogP contribution >= 0.6 is 11.8 Å². The molecule has 0 radical (unpaired) electrons. The lowest BCUT2D eigenvalue weighted by Gasteiger charge is -2.34. The number of carbonyl (C=O) groups is 2. The van der Waals surface area contributed by atoms with Crippen LogP contribution in [0, 0.1) is 0 Å². The van der Waals surface area contributed by atoms with E-state index in [1.165, 1.54) is 0 Å². The summed E-state index contributed by atoms with van der Waals surface area (Å²) in [5, 5.41) is 3.84. The summed E-state index contributed by atoms with van der Waals surface area (Å²) in [5.41, 5.74) is 2.38. The van der Waals surface area contributed by atoms with E-state index in [1.54, 1.807) is 30.0 Å². The normalized spacial score (nSPS) is 14.6. The largest absolute Gasteiger partial charge is 0.497 e. The van der Waals surface area contributed by atoms with Crippen molar-refractivity contribution >= 4 is 40.2 Å². The lowest BCUT2D eigenvalue weighted by Crippen LogP contribution is -2.51. The molecule has 2 amide bonds. The molecule has 2 heterocycles. The molecule has 1 saturated heterocycles. The Balaban J connectivity index is 1.33. The third-order valence-electron chi connectivity index (χ3n) is 5.54. The molecular weight excluding hydrogens is 412 g/mol. The molecule has 1 aliphatic rings. The van der Waals surface area contributed by atoms with Crippen LogP contribution in [0.3, 0.4) is 0 Å². The highest BCUT2D eigenvalue weighted by molar-refractivity contribution is 7.98. The number of aromatic nitrogens is 1. The number of H-pyrrole nitrogens is 1. The Morgan fingerprint density at radius 2 is 1.94 bits per heavy atom. The number of methoxy groups -OCH3 is 1. The minimum Gasteiger partial charge on any atom is -0.497 e. The van der Waals surface area contributed by atoms with Crippen molar-refractivity contribution in [2.75, 3.05) is 51.4 Å². The van der Waals surface area contributed by atoms with Crippen LogP contribution in [-0.2, 0) is 0 Å². The zero-order chi connectivity index (χ0) is 21.8. The first-order valence-corrected chi connectivity index (χ1v) is 11.4. The fourth-order valence-electron chi connectivity index (χ4n) is 3.76. The predicted octanol–water partition coefficient (Wildman–Crippen LogP) is 3.93. The molecule has 7 nitrogen and oxygen atoms in total. The number of ketones is 1. The van der Waals surface area contributed by atoms with Gasteiger partial charge in [0.05, 0.1) is 13.7 Å². The average molecular weight is 439 g/mol. The van der Waals surface area contributed by atoms with E-state index in [9.17, 15) is 9.59 Å². The lowest BCUT2D eigenvalue weighted by atomic mass is 10.1. The van der Waals surface area contributed by atoms with Gasteiger partial charge in [-0.2, -0.15) is 0 Å². The molecule has 0 spiro atoms. The van der Waals surface area contributed by atoms with Crippen LogP contribution in [0.2, 0.25) is 0 Å². The van der Waals surface area contributed by atoms with Crippen molar-refractivity contribution in [2.45, 2.75) is 4.90 Å². The average Bonchev–Trinajstić information content (AvgIpc) is 3.23. The third-order valence-corrected chi connectivity index (χ3v) is 6.26. The number of hydrogen-bond donors (Lipinski definition) is 2. The van der Waals surface area contributed by atoms with Gasteiger partial charge in [-0.15, -0.1) is 11.8 Å². The van der Waals surface area contributed by atoms with Crippen LogP contribution in [0.1, 0.15) is 10.4 Å². The Morgan fingerprint density at radius 1 is 1.13 bits per heavy atom. The lowest BCUT2D eigenvalue weighted by molar-refractivity contribution is 0.0885. The number of ether oxygens (including phenoxy) is 1. The van der Waals surface area contributed by atoms with E-state index < -0.39 is 0 Å². The first-order valence-electron chi connectivity index (χ1n) is 10.2. The van der Waals surface area contributed by atoms with Crippen molar-refractivity contribution in [1.29, 1.82) is 0 Å². The molecule has 0 bridgehead atoms. The highest BCUT2D eigenvalue weighted by atomic mass is 32.2. The van der Waals surface area contributed by atoms with Crippen LogP contribution in [0.5, 0.6) is 5.75 Å². The Kier molecular flexibility index (Phi) is 6.48. The number of nitrogens with zero attached hydrogens (tertiary/aromatic N) is 2. The van der Waals surface area contributed by atoms with E-state index in [4.69, 9.17) is 4.74 Å². The number of thioether (sulfide) groups is 1. The van der Waals surface area contributed by atoms with Crippen molar-refractivity contribution in [3.8, 4) is 5.75 Å². The molecule has 1 aliphatic heterocycles. The fraction of sp³-hybridized carbons (Fsp3) is 0.304. The van der Waals surface area contributed by atoms with Gasteiger partial charge in [-0.05, 0) is 42.7 Å². The highest BCUT2D eigenvalue weighted by Crippen LogP contribution is 2.24. The van der Waals surface area contributed by atoms with Crippen LogP contribution in [0.25, 0.3) is 10.9 Å². The Labute approximate surface area is 185 Å². The zero-order valence-corrected chi connectivity index (χ0v) is 18.5. The van der Waals surface area contributed by atoms with Gasteiger partial charge in [-0.25, -0.2) is 4.79 Å². The number of amides is 2. The fourth-order valence-corrected chi connectivity index (χ4v) is 4.22. The van der Waals surface area contributed by atoms with E-state index in [0.29, 0.717) is 38.3 Å². The van der Waals surface area contributed by atoms with Gasteiger partial charge in [0.1, 0.15) is 5.75 Å². The first kappa shape index (κ1) is 21.3. The van der Waals surface area contributed by atoms with Gasteiger partial charge >= 0.3 is 6.03 Å². The summed E-state index contributed by atoms with van der Waals surface area (Å²) in [6, 6.07) is 13.4. The van der Waals surface area contributed by atoms with E-state index in [0.717, 1.165) is 27.2 Å². The van der Waals surface area contributed by atoms with Crippen molar-refractivity contribution in [3.05, 3.63) is 54.2 Å². The van der Waals surface area contributed by atoms with Gasteiger partial charge in [-0.1, -0.05) is 6.07 Å². The molecule has 0 unspecified atom stereocenters. The minimum atomic E-state index is -0.104. The highest BCUT2D eigenvalue weighted by Gasteiger charge is 2.24. The first-order chi connectivity index (χ1) is 15.1. The molecule has 8 heteroatoms. The van der Waals surface area contributed by atoms with E-state index in [-0.39, 0.29) is 11.8 Å². The predicted molar refractivity (Wildman–Crippen MR) is 124 cm³/mol. The minimum absolute atomic E-state index is 0.0614. The second-order valence-electron chi connectivity index (χ2n) is 7.46. The molecule has 0 atom stereocenters. The molecular formula is C23H26N4O3S. The number of Topliss-reactive ketones (excluding diaryl/α,β-unsaturated/α-hetero) is 1. The molecule has 0 aliphatic carbocycles. The number of aromatic amines is 1. The maximum Gasteiger partial charge on any atom is 0.321 e. The summed E-state index contributed by atoms with van der Waals surface area (Å²) < 4.78 is 5.29. The molecule has 3 aromatic rings. The number of fused-ring (bicyclic) bond motifs is 1. The Hall–Kier alpha value is -2.97. The quantitative estimate of drug-likeness (QED) is 0.450. The van der Waals surface area contributed by atoms with E-state index in [2.05, 4.69) is 15.2 Å². The number of piperazine rings is 1. The van der Waals surface area contributed by atoms with Gasteiger partial charge in [-0.3, -0.25) is 9.69 Å². The summed E-state index contributed by atoms with van der Waals surface area (Å²) in [6.45, 7) is 2.83. The SMILES string of the molecule is COc1ccc2[nH]cc(C(=O)CN3CCN(C(=O)Nc4cccc(SC)c4)CC3)c2c1. The molecule has 1 fully saturated rings. The van der Waals surface area contributed by atoms with Gasteiger partial charge in [0.2, 0.25) is 0 Å². The van der Waals surface area contributed by atoms with Gasteiger partial charge < -0.3 is 19.9 Å². The number of nitrogens with one attached hydrogen (secondary N) is 2. The van der Waals surface area contributed by atoms with Gasteiger partial charge in [0.25, 0.3) is 0 Å². The summed E-state index contributed by atoms with van der Waals surface area (Å²) in [6.07, 6.45) is 3.77. The molecule has 162 valence electrons. The molecule has 4 rings (SSSR count). The number of hydrogen-bond acceptors (Lipinski definition) is 5. The number of rotatable bonds is 6. The molecule has 31 heavy (non-hydrogen) atoms. The Morgan fingerprint density at radius 3 is 2.68 bits per heavy atom. The number of anilines is 1. The van der Waals surface area contributed by atoms with Crippen LogP contribution < -0.4 is 10.1 Å². The van der Waals surface area contributed by atoms with E-state index in [1.807, 2.05) is 48.7 Å². The Bertz CT molecular complexity index is 1090. The standard InChI is InChI=1S/C23H26N4O3S/c1-30-17-6-7-21-19(13-17)20(14-24-21)22(28)15-26-8-10-27(11-9-26)23(29)25-16-4-3-5-18(12-16)31-2/h3-7,12-14,24H,8-11,15H2,1-2H3,(H,25,29). The number of urea groups is 1. The maximum absolute atomic E-state index is 12.9. The van der Waals surface area contributed by atoms with Crippen molar-refractivity contribution in [1.82, 2.24) is 14.8 Å². The third kappa shape index (κ3) is 4.86. The topological polar surface area (TPSA) is 77.7 Å². The van der Waals surface area contributed by atoms with Gasteiger partial charge in [0, 0.05) is 59.4 Å². The summed E-state index contributed by atoms with van der Waals surface area (Å²) >= 11 is 1.64. The number of benzene rings is 2. The second-order valence-corrected chi connectivity index (χ2v) is 8.34. The summed E-state index contributed by atoms with van der Waals surface area (Å²) in [5.74, 6) is 0.787. The van der Waals surface area contributed by atoms with Gasteiger partial charge in [0.15, 0.2) is 5.78 Å². The van der Waals surface area contributed by atoms with Crippen molar-refractivity contribution in [3.63, 3.8) is 0 Å². The molecule has 1 aromatic heterocycles. The van der Waals surface area contributed by atoms with Crippen LogP contribution in [0.4, 0.5) is 10.5 Å². The molecule has 0 saturated carbocycles.